The van der Waals surface area contributed by atoms with Crippen molar-refractivity contribution in [2.45, 2.75) is 11.7 Å². The smallest absolute Gasteiger partial charge is 0.169 e. The lowest BCUT2D eigenvalue weighted by molar-refractivity contribution is 0.414. The van der Waals surface area contributed by atoms with Crippen LogP contribution in [0.5, 0.6) is 11.5 Å². The van der Waals surface area contributed by atoms with E-state index in [4.69, 9.17) is 14.5 Å². The maximum Gasteiger partial charge on any atom is 0.169 e. The van der Waals surface area contributed by atoms with Crippen molar-refractivity contribution in [2.75, 3.05) is 20.0 Å². The van der Waals surface area contributed by atoms with Gasteiger partial charge < -0.3 is 14.0 Å². The molecule has 0 amide bonds. The van der Waals surface area contributed by atoms with Crippen LogP contribution in [0.3, 0.4) is 0 Å². The van der Waals surface area contributed by atoms with E-state index < -0.39 is 0 Å². The number of ether oxygens (including phenoxy) is 2. The maximum absolute atomic E-state index is 5.28. The molecule has 2 aromatic carbocycles. The van der Waals surface area contributed by atoms with E-state index in [0.29, 0.717) is 0 Å². The molecule has 0 saturated carbocycles. The molecule has 0 unspecified atom stereocenters. The molecule has 0 fully saturated rings. The monoisotopic (exact) mass is 418 g/mol. The Kier molecular flexibility index (Phi) is 5.39. The minimum Gasteiger partial charge on any atom is -0.497 e. The zero-order valence-electron chi connectivity index (χ0n) is 14.1. The van der Waals surface area contributed by atoms with E-state index in [2.05, 4.69) is 28.8 Å². The first-order chi connectivity index (χ1) is 11.8. The van der Waals surface area contributed by atoms with E-state index in [0.717, 1.165) is 45.8 Å². The molecule has 130 valence electrons. The SMILES string of the molecule is Br.COc1ccc(-c2nc3n(c2-c2ccc(OC)cc2)CCS3)cc1. The number of thioether (sulfide) groups is 1. The van der Waals surface area contributed by atoms with Crippen LogP contribution in [-0.2, 0) is 6.54 Å². The second kappa shape index (κ2) is 7.54. The van der Waals surface area contributed by atoms with Crippen molar-refractivity contribution in [1.29, 1.82) is 0 Å². The number of benzene rings is 2. The second-order valence-electron chi connectivity index (χ2n) is 5.55. The molecule has 4 rings (SSSR count). The topological polar surface area (TPSA) is 36.3 Å². The fraction of sp³-hybridized carbons (Fsp3) is 0.211. The van der Waals surface area contributed by atoms with Gasteiger partial charge in [0, 0.05) is 23.4 Å². The molecule has 0 saturated heterocycles. The first kappa shape index (κ1) is 17.9. The van der Waals surface area contributed by atoms with E-state index in [1.165, 1.54) is 5.69 Å². The quantitative estimate of drug-likeness (QED) is 0.602. The summed E-state index contributed by atoms with van der Waals surface area (Å²) in [5, 5.41) is 1.09. The predicted octanol–water partition coefficient (Wildman–Crippen LogP) is 4.92. The van der Waals surface area contributed by atoms with Gasteiger partial charge in [0.1, 0.15) is 11.5 Å². The van der Waals surface area contributed by atoms with Gasteiger partial charge in [0.2, 0.25) is 0 Å². The van der Waals surface area contributed by atoms with Gasteiger partial charge in [-0.1, -0.05) is 11.8 Å². The third-order valence-electron chi connectivity index (χ3n) is 4.21. The lowest BCUT2D eigenvalue weighted by Crippen LogP contribution is -1.97. The maximum atomic E-state index is 5.28. The van der Waals surface area contributed by atoms with E-state index in [9.17, 15) is 0 Å². The van der Waals surface area contributed by atoms with Crippen molar-refractivity contribution in [3.63, 3.8) is 0 Å². The summed E-state index contributed by atoms with van der Waals surface area (Å²) in [6, 6.07) is 16.3. The van der Waals surface area contributed by atoms with Crippen molar-refractivity contribution >= 4 is 28.7 Å². The van der Waals surface area contributed by atoms with Crippen molar-refractivity contribution < 1.29 is 9.47 Å². The molecule has 6 heteroatoms. The summed E-state index contributed by atoms with van der Waals surface area (Å²) in [5.74, 6) is 2.79. The molecule has 0 atom stereocenters. The Morgan fingerprint density at radius 1 is 0.880 bits per heavy atom. The van der Waals surface area contributed by atoms with Crippen LogP contribution < -0.4 is 9.47 Å². The standard InChI is InChI=1S/C19H18N2O2S.BrH/c1-22-15-7-3-13(4-8-15)17-18(21-11-12-24-19(21)20-17)14-5-9-16(23-2)10-6-14;/h3-10H,11-12H2,1-2H3;1H. The number of imidazole rings is 1. The Morgan fingerprint density at radius 2 is 1.44 bits per heavy atom. The number of aromatic nitrogens is 2. The van der Waals surface area contributed by atoms with Crippen LogP contribution in [0.25, 0.3) is 22.5 Å². The Balaban J connectivity index is 0.00000182. The summed E-state index contributed by atoms with van der Waals surface area (Å²) in [6.45, 7) is 0.991. The largest absolute Gasteiger partial charge is 0.497 e. The van der Waals surface area contributed by atoms with Crippen LogP contribution in [0, 0.1) is 0 Å². The molecule has 3 aromatic rings. The minimum absolute atomic E-state index is 0. The summed E-state index contributed by atoms with van der Waals surface area (Å²) in [7, 11) is 3.37. The molecule has 1 aliphatic rings. The van der Waals surface area contributed by atoms with Crippen LogP contribution in [-0.4, -0.2) is 29.5 Å². The summed E-state index contributed by atoms with van der Waals surface area (Å²) in [4.78, 5) is 4.89. The second-order valence-corrected chi connectivity index (χ2v) is 6.61. The van der Waals surface area contributed by atoms with Crippen molar-refractivity contribution in [2.24, 2.45) is 0 Å². The van der Waals surface area contributed by atoms with Crippen LogP contribution in [0.4, 0.5) is 0 Å². The number of fused-ring (bicyclic) bond motifs is 1. The highest BCUT2D eigenvalue weighted by Crippen LogP contribution is 2.39. The number of nitrogens with zero attached hydrogens (tertiary/aromatic N) is 2. The minimum atomic E-state index is 0. The Morgan fingerprint density at radius 3 is 2.00 bits per heavy atom. The Labute approximate surface area is 162 Å². The molecule has 1 aliphatic heterocycles. The zero-order chi connectivity index (χ0) is 16.5. The predicted molar refractivity (Wildman–Crippen MR) is 107 cm³/mol. The summed E-state index contributed by atoms with van der Waals surface area (Å²) in [5.41, 5.74) is 4.44. The molecule has 1 aromatic heterocycles. The number of rotatable bonds is 4. The van der Waals surface area contributed by atoms with E-state index >= 15 is 0 Å². The third-order valence-corrected chi connectivity index (χ3v) is 5.16. The molecule has 0 aliphatic carbocycles. The van der Waals surface area contributed by atoms with Crippen molar-refractivity contribution in [3.05, 3.63) is 48.5 Å². The number of methoxy groups -OCH3 is 2. The molecule has 0 bridgehead atoms. The number of hydrogen-bond acceptors (Lipinski definition) is 4. The van der Waals surface area contributed by atoms with Gasteiger partial charge in [-0.25, -0.2) is 4.98 Å². The van der Waals surface area contributed by atoms with Crippen molar-refractivity contribution in [1.82, 2.24) is 9.55 Å². The average Bonchev–Trinajstić information content (AvgIpc) is 3.23. The summed E-state index contributed by atoms with van der Waals surface area (Å²) >= 11 is 1.81. The van der Waals surface area contributed by atoms with Crippen molar-refractivity contribution in [3.8, 4) is 34.0 Å². The molecule has 0 spiro atoms. The highest BCUT2D eigenvalue weighted by Gasteiger charge is 2.23. The summed E-state index contributed by atoms with van der Waals surface area (Å²) in [6.07, 6.45) is 0. The van der Waals surface area contributed by atoms with Gasteiger partial charge in [0.05, 0.1) is 25.6 Å². The average molecular weight is 419 g/mol. The molecule has 0 N–H and O–H groups in total. The molecule has 4 nitrogen and oxygen atoms in total. The molecular formula is C19H19BrN2O2S. The van der Waals surface area contributed by atoms with Gasteiger partial charge in [-0.2, -0.15) is 0 Å². The van der Waals surface area contributed by atoms with Gasteiger partial charge in [0.25, 0.3) is 0 Å². The molecule has 25 heavy (non-hydrogen) atoms. The van der Waals surface area contributed by atoms with Gasteiger partial charge in [-0.05, 0) is 48.5 Å². The van der Waals surface area contributed by atoms with E-state index in [-0.39, 0.29) is 17.0 Å². The third kappa shape index (κ3) is 3.28. The van der Waals surface area contributed by atoms with Gasteiger partial charge >= 0.3 is 0 Å². The summed E-state index contributed by atoms with van der Waals surface area (Å²) < 4.78 is 12.9. The van der Waals surface area contributed by atoms with E-state index in [1.807, 2.05) is 36.0 Å². The molecule has 0 radical (unpaired) electrons. The molecule has 2 heterocycles. The first-order valence-electron chi connectivity index (χ1n) is 7.82. The highest BCUT2D eigenvalue weighted by molar-refractivity contribution is 8.93. The van der Waals surface area contributed by atoms with Gasteiger partial charge in [0.15, 0.2) is 5.16 Å². The number of halogens is 1. The lowest BCUT2D eigenvalue weighted by atomic mass is 10.0. The fourth-order valence-electron chi connectivity index (χ4n) is 2.97. The van der Waals surface area contributed by atoms with Crippen LogP contribution in [0.1, 0.15) is 0 Å². The lowest BCUT2D eigenvalue weighted by Gasteiger charge is -2.09. The Bertz CT molecular complexity index is 860. The molecular weight excluding hydrogens is 400 g/mol. The van der Waals surface area contributed by atoms with E-state index in [1.54, 1.807) is 14.2 Å². The fourth-order valence-corrected chi connectivity index (χ4v) is 3.92. The van der Waals surface area contributed by atoms with Crippen LogP contribution in [0.15, 0.2) is 53.7 Å². The van der Waals surface area contributed by atoms with Gasteiger partial charge in [-0.15, -0.1) is 17.0 Å². The zero-order valence-corrected chi connectivity index (χ0v) is 16.6. The normalized spacial score (nSPS) is 12.4. The number of hydrogen-bond donors (Lipinski definition) is 0. The van der Waals surface area contributed by atoms with Crippen LogP contribution >= 0.6 is 28.7 Å². The Hall–Kier alpha value is -1.92. The van der Waals surface area contributed by atoms with Gasteiger partial charge in [-0.3, -0.25) is 0 Å². The van der Waals surface area contributed by atoms with Crippen LogP contribution in [0.2, 0.25) is 0 Å². The first-order valence-corrected chi connectivity index (χ1v) is 8.81. The highest BCUT2D eigenvalue weighted by atomic mass is 79.9.